The zero-order valence-electron chi connectivity index (χ0n) is 9.52. The van der Waals surface area contributed by atoms with Crippen LogP contribution in [0.25, 0.3) is 0 Å². The minimum absolute atomic E-state index is 0.104. The van der Waals surface area contributed by atoms with Crippen molar-refractivity contribution >= 4 is 5.91 Å². The van der Waals surface area contributed by atoms with Crippen LogP contribution < -0.4 is 5.32 Å². The summed E-state index contributed by atoms with van der Waals surface area (Å²) in [4.78, 5) is 13.9. The van der Waals surface area contributed by atoms with Crippen molar-refractivity contribution < 1.29 is 14.6 Å². The van der Waals surface area contributed by atoms with Gasteiger partial charge in [-0.1, -0.05) is 0 Å². The van der Waals surface area contributed by atoms with Crippen LogP contribution in [0.3, 0.4) is 0 Å². The first kappa shape index (κ1) is 11.8. The normalized spacial score (nSPS) is 30.7. The topological polar surface area (TPSA) is 61.8 Å². The molecule has 2 rings (SSSR count). The van der Waals surface area contributed by atoms with Crippen LogP contribution in [0.5, 0.6) is 0 Å². The summed E-state index contributed by atoms with van der Waals surface area (Å²) in [6.07, 6.45) is 1.50. The van der Waals surface area contributed by atoms with Crippen molar-refractivity contribution in [3.63, 3.8) is 0 Å². The van der Waals surface area contributed by atoms with Gasteiger partial charge in [-0.15, -0.1) is 0 Å². The quantitative estimate of drug-likeness (QED) is 0.664. The summed E-state index contributed by atoms with van der Waals surface area (Å²) in [7, 11) is 0. The first-order chi connectivity index (χ1) is 7.81. The van der Waals surface area contributed by atoms with E-state index < -0.39 is 0 Å². The van der Waals surface area contributed by atoms with Gasteiger partial charge in [0.15, 0.2) is 0 Å². The molecule has 92 valence electrons. The Morgan fingerprint density at radius 3 is 3.12 bits per heavy atom. The van der Waals surface area contributed by atoms with Crippen molar-refractivity contribution in [3.05, 3.63) is 0 Å². The van der Waals surface area contributed by atoms with Crippen molar-refractivity contribution in [1.82, 2.24) is 10.2 Å². The SMILES string of the molecule is O=C(C1CNCCO1)N1CCC(CCO)C1. The van der Waals surface area contributed by atoms with E-state index in [9.17, 15) is 4.79 Å². The van der Waals surface area contributed by atoms with Gasteiger partial charge in [0.25, 0.3) is 5.91 Å². The average Bonchev–Trinajstić information content (AvgIpc) is 2.78. The highest BCUT2D eigenvalue weighted by atomic mass is 16.5. The molecule has 16 heavy (non-hydrogen) atoms. The fourth-order valence-corrected chi connectivity index (χ4v) is 2.38. The van der Waals surface area contributed by atoms with Crippen LogP contribution in [0.2, 0.25) is 0 Å². The monoisotopic (exact) mass is 228 g/mol. The first-order valence-electron chi connectivity index (χ1n) is 6.03. The molecule has 0 saturated carbocycles. The summed E-state index contributed by atoms with van der Waals surface area (Å²) in [5.74, 6) is 0.568. The third-order valence-electron chi connectivity index (χ3n) is 3.34. The van der Waals surface area contributed by atoms with Gasteiger partial charge in [-0.2, -0.15) is 0 Å². The molecule has 1 amide bonds. The zero-order chi connectivity index (χ0) is 11.4. The predicted octanol–water partition coefficient (Wildman–Crippen LogP) is -0.794. The molecule has 2 atom stereocenters. The smallest absolute Gasteiger partial charge is 0.253 e. The fraction of sp³-hybridized carbons (Fsp3) is 0.909. The molecule has 0 aliphatic carbocycles. The molecule has 2 aliphatic heterocycles. The Hall–Kier alpha value is -0.650. The minimum Gasteiger partial charge on any atom is -0.396 e. The van der Waals surface area contributed by atoms with E-state index in [1.165, 1.54) is 0 Å². The van der Waals surface area contributed by atoms with Crippen LogP contribution in [-0.4, -0.2) is 61.4 Å². The second kappa shape index (κ2) is 5.61. The molecule has 5 nitrogen and oxygen atoms in total. The lowest BCUT2D eigenvalue weighted by molar-refractivity contribution is -0.144. The Bertz CT molecular complexity index is 241. The highest BCUT2D eigenvalue weighted by Crippen LogP contribution is 2.20. The summed E-state index contributed by atoms with van der Waals surface area (Å²) in [6.45, 7) is 3.87. The lowest BCUT2D eigenvalue weighted by atomic mass is 10.1. The maximum absolute atomic E-state index is 12.0. The summed E-state index contributed by atoms with van der Waals surface area (Å²) in [5, 5.41) is 12.0. The molecule has 5 heteroatoms. The van der Waals surface area contributed by atoms with E-state index >= 15 is 0 Å². The van der Waals surface area contributed by atoms with E-state index in [-0.39, 0.29) is 18.6 Å². The van der Waals surface area contributed by atoms with Gasteiger partial charge in [0, 0.05) is 32.8 Å². The molecule has 0 aromatic carbocycles. The van der Waals surface area contributed by atoms with Gasteiger partial charge in [0.05, 0.1) is 6.61 Å². The molecule has 0 aromatic rings. The Balaban J connectivity index is 1.81. The number of nitrogens with zero attached hydrogens (tertiary/aromatic N) is 1. The molecular weight excluding hydrogens is 208 g/mol. The van der Waals surface area contributed by atoms with Gasteiger partial charge in [-0.3, -0.25) is 4.79 Å². The molecule has 2 heterocycles. The molecule has 2 fully saturated rings. The largest absolute Gasteiger partial charge is 0.396 e. The van der Waals surface area contributed by atoms with Crippen molar-refractivity contribution in [1.29, 1.82) is 0 Å². The van der Waals surface area contributed by atoms with E-state index in [0.717, 1.165) is 32.5 Å². The number of amides is 1. The van der Waals surface area contributed by atoms with E-state index in [1.807, 2.05) is 4.90 Å². The molecule has 0 aromatic heterocycles. The van der Waals surface area contributed by atoms with Crippen LogP contribution in [-0.2, 0) is 9.53 Å². The number of hydrogen-bond donors (Lipinski definition) is 2. The number of hydrogen-bond acceptors (Lipinski definition) is 4. The molecule has 0 spiro atoms. The zero-order valence-corrected chi connectivity index (χ0v) is 9.52. The van der Waals surface area contributed by atoms with Crippen LogP contribution in [0.4, 0.5) is 0 Å². The molecule has 0 bridgehead atoms. The molecular formula is C11H20N2O3. The standard InChI is InChI=1S/C11H20N2O3/c14-5-2-9-1-4-13(8-9)11(15)10-7-12-3-6-16-10/h9-10,12,14H,1-8H2. The molecule has 2 saturated heterocycles. The summed E-state index contributed by atoms with van der Waals surface area (Å²) < 4.78 is 5.44. The summed E-state index contributed by atoms with van der Waals surface area (Å²) in [5.41, 5.74) is 0. The highest BCUT2D eigenvalue weighted by Gasteiger charge is 2.31. The van der Waals surface area contributed by atoms with Gasteiger partial charge >= 0.3 is 0 Å². The summed E-state index contributed by atoms with van der Waals surface area (Å²) in [6, 6.07) is 0. The fourth-order valence-electron chi connectivity index (χ4n) is 2.38. The first-order valence-corrected chi connectivity index (χ1v) is 6.03. The lowest BCUT2D eigenvalue weighted by Crippen LogP contribution is -2.48. The third-order valence-corrected chi connectivity index (χ3v) is 3.34. The van der Waals surface area contributed by atoms with Gasteiger partial charge in [0.2, 0.25) is 0 Å². The molecule has 2 N–H and O–H groups in total. The van der Waals surface area contributed by atoms with E-state index in [2.05, 4.69) is 5.32 Å². The van der Waals surface area contributed by atoms with Gasteiger partial charge in [0.1, 0.15) is 6.10 Å². The third kappa shape index (κ3) is 2.72. The van der Waals surface area contributed by atoms with Crippen LogP contribution >= 0.6 is 0 Å². The maximum Gasteiger partial charge on any atom is 0.253 e. The number of rotatable bonds is 3. The Morgan fingerprint density at radius 1 is 1.56 bits per heavy atom. The van der Waals surface area contributed by atoms with Gasteiger partial charge in [-0.25, -0.2) is 0 Å². The van der Waals surface area contributed by atoms with Crippen LogP contribution in [0.1, 0.15) is 12.8 Å². The highest BCUT2D eigenvalue weighted by molar-refractivity contribution is 5.81. The number of carbonyl (C=O) groups excluding carboxylic acids is 1. The van der Waals surface area contributed by atoms with E-state index in [1.54, 1.807) is 0 Å². The second-order valence-corrected chi connectivity index (χ2v) is 4.51. The number of likely N-dealkylation sites (tertiary alicyclic amines) is 1. The van der Waals surface area contributed by atoms with Crippen molar-refractivity contribution in [2.75, 3.05) is 39.4 Å². The minimum atomic E-state index is -0.304. The number of aliphatic hydroxyl groups is 1. The number of ether oxygens (including phenoxy) is 1. The average molecular weight is 228 g/mol. The van der Waals surface area contributed by atoms with Crippen molar-refractivity contribution in [2.24, 2.45) is 5.92 Å². The number of morpholine rings is 1. The maximum atomic E-state index is 12.0. The van der Waals surface area contributed by atoms with E-state index in [0.29, 0.717) is 19.1 Å². The lowest BCUT2D eigenvalue weighted by Gasteiger charge is -2.27. The molecule has 2 unspecified atom stereocenters. The Kier molecular flexibility index (Phi) is 4.15. The number of nitrogens with one attached hydrogen (secondary N) is 1. The molecule has 0 radical (unpaired) electrons. The Morgan fingerprint density at radius 2 is 2.44 bits per heavy atom. The predicted molar refractivity (Wildman–Crippen MR) is 59.0 cm³/mol. The Labute approximate surface area is 95.8 Å². The van der Waals surface area contributed by atoms with Crippen molar-refractivity contribution in [2.45, 2.75) is 18.9 Å². The van der Waals surface area contributed by atoms with Crippen LogP contribution in [0.15, 0.2) is 0 Å². The van der Waals surface area contributed by atoms with Crippen molar-refractivity contribution in [3.8, 4) is 0 Å². The van der Waals surface area contributed by atoms with Gasteiger partial charge < -0.3 is 20.1 Å². The van der Waals surface area contributed by atoms with Crippen LogP contribution in [0, 0.1) is 5.92 Å². The van der Waals surface area contributed by atoms with E-state index in [4.69, 9.17) is 9.84 Å². The molecule has 2 aliphatic rings. The summed E-state index contributed by atoms with van der Waals surface area (Å²) >= 11 is 0. The van der Waals surface area contributed by atoms with Gasteiger partial charge in [-0.05, 0) is 18.8 Å². The number of carbonyl (C=O) groups is 1. The number of aliphatic hydroxyl groups excluding tert-OH is 1. The second-order valence-electron chi connectivity index (χ2n) is 4.51.